The first kappa shape index (κ1) is 10.7. The molecule has 0 aliphatic heterocycles. The Labute approximate surface area is 88.7 Å². The third kappa shape index (κ3) is 3.10. The zero-order valence-corrected chi connectivity index (χ0v) is 9.27. The maximum atomic E-state index is 10.5. The van der Waals surface area contributed by atoms with E-state index in [2.05, 4.69) is 15.9 Å². The van der Waals surface area contributed by atoms with E-state index < -0.39 is 5.97 Å². The predicted octanol–water partition coefficient (Wildman–Crippen LogP) is 2.03. The lowest BCUT2D eigenvalue weighted by atomic mass is 10.0. The fourth-order valence-electron chi connectivity index (χ4n) is 1.06. The van der Waals surface area contributed by atoms with E-state index in [0.717, 1.165) is 8.66 Å². The van der Waals surface area contributed by atoms with E-state index in [0.29, 0.717) is 6.54 Å². The summed E-state index contributed by atoms with van der Waals surface area (Å²) in [5.74, 6) is -0.867. The molecule has 0 saturated heterocycles. The molecule has 13 heavy (non-hydrogen) atoms. The van der Waals surface area contributed by atoms with Crippen molar-refractivity contribution in [3.63, 3.8) is 0 Å². The molecule has 3 nitrogen and oxygen atoms in total. The van der Waals surface area contributed by atoms with Crippen molar-refractivity contribution in [1.82, 2.24) is 0 Å². The summed E-state index contributed by atoms with van der Waals surface area (Å²) in [6, 6.07) is 3.82. The van der Waals surface area contributed by atoms with Gasteiger partial charge in [0.2, 0.25) is 0 Å². The molecule has 0 unspecified atom stereocenters. The van der Waals surface area contributed by atoms with Crippen LogP contribution in [0.5, 0.6) is 0 Å². The van der Waals surface area contributed by atoms with Crippen molar-refractivity contribution in [3.05, 3.63) is 20.8 Å². The molecule has 0 fully saturated rings. The molecule has 0 spiro atoms. The smallest absolute Gasteiger partial charge is 0.304 e. The highest BCUT2D eigenvalue weighted by Gasteiger charge is 2.15. The number of carboxylic acids is 1. The van der Waals surface area contributed by atoms with Gasteiger partial charge in [-0.2, -0.15) is 0 Å². The first-order chi connectivity index (χ1) is 6.13. The van der Waals surface area contributed by atoms with Gasteiger partial charge in [-0.1, -0.05) is 0 Å². The van der Waals surface area contributed by atoms with E-state index in [1.165, 1.54) is 11.3 Å². The summed E-state index contributed by atoms with van der Waals surface area (Å²) in [5, 5.41) is 8.62. The molecule has 0 radical (unpaired) electrons. The Morgan fingerprint density at radius 1 is 1.69 bits per heavy atom. The van der Waals surface area contributed by atoms with Crippen LogP contribution in [0.4, 0.5) is 0 Å². The monoisotopic (exact) mass is 263 g/mol. The first-order valence-electron chi connectivity index (χ1n) is 3.80. The first-order valence-corrected chi connectivity index (χ1v) is 5.41. The van der Waals surface area contributed by atoms with Crippen molar-refractivity contribution in [3.8, 4) is 0 Å². The summed E-state index contributed by atoms with van der Waals surface area (Å²) in [6.45, 7) is 0.374. The van der Waals surface area contributed by atoms with Gasteiger partial charge in [0, 0.05) is 17.3 Å². The van der Waals surface area contributed by atoms with E-state index >= 15 is 0 Å². The van der Waals surface area contributed by atoms with Crippen LogP contribution in [0.25, 0.3) is 0 Å². The molecule has 0 bridgehead atoms. The summed E-state index contributed by atoms with van der Waals surface area (Å²) in [5.41, 5.74) is 5.49. The zero-order valence-electron chi connectivity index (χ0n) is 6.87. The number of halogens is 1. The molecule has 1 aromatic heterocycles. The molecule has 0 aliphatic carbocycles. The SMILES string of the molecule is NC[C@H](CC(=O)O)c1ccc(Br)s1. The Hall–Kier alpha value is -0.390. The highest BCUT2D eigenvalue weighted by atomic mass is 79.9. The van der Waals surface area contributed by atoms with Crippen LogP contribution in [0, 0.1) is 0 Å². The van der Waals surface area contributed by atoms with Gasteiger partial charge in [-0.05, 0) is 28.1 Å². The molecule has 0 saturated carbocycles. The Bertz CT molecular complexity index is 300. The van der Waals surface area contributed by atoms with Gasteiger partial charge in [0.15, 0.2) is 0 Å². The van der Waals surface area contributed by atoms with Gasteiger partial charge in [0.05, 0.1) is 10.2 Å². The molecule has 1 atom stereocenters. The van der Waals surface area contributed by atoms with E-state index in [4.69, 9.17) is 10.8 Å². The second kappa shape index (κ2) is 4.74. The van der Waals surface area contributed by atoms with Crippen LogP contribution in [0.1, 0.15) is 17.2 Å². The summed E-state index contributed by atoms with van der Waals surface area (Å²) in [7, 11) is 0. The van der Waals surface area contributed by atoms with Crippen molar-refractivity contribution in [1.29, 1.82) is 0 Å². The van der Waals surface area contributed by atoms with Crippen LogP contribution in [-0.2, 0) is 4.79 Å². The average molecular weight is 264 g/mol. The quantitative estimate of drug-likeness (QED) is 0.874. The van der Waals surface area contributed by atoms with Gasteiger partial charge < -0.3 is 10.8 Å². The third-order valence-corrected chi connectivity index (χ3v) is 3.49. The van der Waals surface area contributed by atoms with Crippen molar-refractivity contribution >= 4 is 33.2 Å². The largest absolute Gasteiger partial charge is 0.481 e. The fourth-order valence-corrected chi connectivity index (χ4v) is 2.60. The molecule has 1 rings (SSSR count). The van der Waals surface area contributed by atoms with Crippen LogP contribution in [0.2, 0.25) is 0 Å². The number of thiophene rings is 1. The Kier molecular flexibility index (Phi) is 3.90. The van der Waals surface area contributed by atoms with Crippen LogP contribution in [0.3, 0.4) is 0 Å². The number of nitrogens with two attached hydrogens (primary N) is 1. The van der Waals surface area contributed by atoms with E-state index in [9.17, 15) is 4.79 Å². The molecule has 0 amide bonds. The number of rotatable bonds is 4. The van der Waals surface area contributed by atoms with E-state index in [1.807, 2.05) is 12.1 Å². The van der Waals surface area contributed by atoms with Crippen molar-refractivity contribution < 1.29 is 9.90 Å². The Balaban J connectivity index is 2.72. The highest BCUT2D eigenvalue weighted by Crippen LogP contribution is 2.29. The van der Waals surface area contributed by atoms with E-state index in [1.54, 1.807) is 0 Å². The minimum absolute atomic E-state index is 0.0613. The topological polar surface area (TPSA) is 63.3 Å². The van der Waals surface area contributed by atoms with Gasteiger partial charge in [-0.25, -0.2) is 0 Å². The number of aliphatic carboxylic acids is 1. The van der Waals surface area contributed by atoms with Gasteiger partial charge in [0.25, 0.3) is 0 Å². The summed E-state index contributed by atoms with van der Waals surface area (Å²) in [4.78, 5) is 11.5. The van der Waals surface area contributed by atoms with Crippen LogP contribution in [-0.4, -0.2) is 17.6 Å². The van der Waals surface area contributed by atoms with Gasteiger partial charge in [0.1, 0.15) is 0 Å². The normalized spacial score (nSPS) is 12.8. The van der Waals surface area contributed by atoms with Crippen LogP contribution >= 0.6 is 27.3 Å². The number of carbonyl (C=O) groups is 1. The summed E-state index contributed by atoms with van der Waals surface area (Å²) < 4.78 is 1.01. The van der Waals surface area contributed by atoms with Crippen molar-refractivity contribution in [2.45, 2.75) is 12.3 Å². The number of hydrogen-bond donors (Lipinski definition) is 2. The molecule has 1 aromatic rings. The predicted molar refractivity (Wildman–Crippen MR) is 56.1 cm³/mol. The standard InChI is InChI=1S/C8H10BrNO2S/c9-7-2-1-6(13-7)5(4-10)3-8(11)12/h1-2,5H,3-4,10H2,(H,11,12)/t5-/m0/s1. The summed E-state index contributed by atoms with van der Waals surface area (Å²) >= 11 is 4.86. The van der Waals surface area contributed by atoms with Crippen molar-refractivity contribution in [2.24, 2.45) is 5.73 Å². The number of carboxylic acid groups (broad SMARTS) is 1. The fraction of sp³-hybridized carbons (Fsp3) is 0.375. The van der Waals surface area contributed by atoms with Gasteiger partial charge in [-0.3, -0.25) is 4.79 Å². The molecule has 72 valence electrons. The maximum absolute atomic E-state index is 10.5. The lowest BCUT2D eigenvalue weighted by Crippen LogP contribution is -2.15. The molecule has 0 aromatic carbocycles. The van der Waals surface area contributed by atoms with Gasteiger partial charge in [-0.15, -0.1) is 11.3 Å². The minimum Gasteiger partial charge on any atom is -0.481 e. The molecular formula is C8H10BrNO2S. The Morgan fingerprint density at radius 3 is 2.77 bits per heavy atom. The third-order valence-electron chi connectivity index (χ3n) is 1.70. The second-order valence-corrected chi connectivity index (χ2v) is 5.17. The minimum atomic E-state index is -0.806. The Morgan fingerprint density at radius 2 is 2.38 bits per heavy atom. The summed E-state index contributed by atoms with van der Waals surface area (Å²) in [6.07, 6.45) is 0.101. The molecule has 3 N–H and O–H groups in total. The van der Waals surface area contributed by atoms with Crippen LogP contribution in [0.15, 0.2) is 15.9 Å². The molecule has 5 heteroatoms. The van der Waals surface area contributed by atoms with Crippen LogP contribution < -0.4 is 5.73 Å². The lowest BCUT2D eigenvalue weighted by Gasteiger charge is -2.08. The highest BCUT2D eigenvalue weighted by molar-refractivity contribution is 9.11. The molecule has 1 heterocycles. The average Bonchev–Trinajstić information content (AvgIpc) is 2.47. The lowest BCUT2D eigenvalue weighted by molar-refractivity contribution is -0.137. The number of hydrogen-bond acceptors (Lipinski definition) is 3. The molecule has 0 aliphatic rings. The molecular weight excluding hydrogens is 254 g/mol. The second-order valence-electron chi connectivity index (χ2n) is 2.67. The maximum Gasteiger partial charge on any atom is 0.304 e. The van der Waals surface area contributed by atoms with Crippen molar-refractivity contribution in [2.75, 3.05) is 6.54 Å². The van der Waals surface area contributed by atoms with E-state index in [-0.39, 0.29) is 12.3 Å². The zero-order chi connectivity index (χ0) is 9.84. The van der Waals surface area contributed by atoms with Gasteiger partial charge >= 0.3 is 5.97 Å².